The molecule has 4 rings (SSSR count). The first-order valence-corrected chi connectivity index (χ1v) is 11.4. The van der Waals surface area contributed by atoms with E-state index < -0.39 is 9.84 Å². The number of hydrogen-bond donors (Lipinski definition) is 1. The van der Waals surface area contributed by atoms with Gasteiger partial charge in [0.25, 0.3) is 5.91 Å². The van der Waals surface area contributed by atoms with Crippen LogP contribution in [0.4, 0.5) is 5.69 Å². The average molecular weight is 410 g/mol. The maximum atomic E-state index is 12.5. The Balaban J connectivity index is 1.52. The number of anilines is 1. The Labute approximate surface area is 169 Å². The molecule has 0 saturated heterocycles. The number of benzene rings is 2. The number of nitrogens with zero attached hydrogens (tertiary/aromatic N) is 3. The molecule has 1 aliphatic heterocycles. The topological polar surface area (TPSA) is 93.9 Å². The first kappa shape index (κ1) is 19.3. The standard InChI is InChI=1S/C21H22N4O3S/c1-29(27,28)18-7-5-6-16(14-18)21(26)22-17-11-9-15(10-12-17)20-24-23-19-8-3-2-4-13-25(19)20/h5-7,9-12,14H,2-4,8,13H2,1H3,(H,22,26). The second kappa shape index (κ2) is 7.79. The molecule has 1 N–H and O–H groups in total. The molecule has 8 heteroatoms. The number of rotatable bonds is 4. The summed E-state index contributed by atoms with van der Waals surface area (Å²) in [5, 5.41) is 11.5. The van der Waals surface area contributed by atoms with Gasteiger partial charge in [0.2, 0.25) is 0 Å². The van der Waals surface area contributed by atoms with E-state index in [2.05, 4.69) is 20.1 Å². The van der Waals surface area contributed by atoms with Crippen molar-refractivity contribution < 1.29 is 13.2 Å². The van der Waals surface area contributed by atoms with Crippen LogP contribution in [0.2, 0.25) is 0 Å². The number of carbonyl (C=O) groups is 1. The third-order valence-corrected chi connectivity index (χ3v) is 6.15. The van der Waals surface area contributed by atoms with Gasteiger partial charge in [-0.05, 0) is 55.3 Å². The molecule has 0 bridgehead atoms. The summed E-state index contributed by atoms with van der Waals surface area (Å²) >= 11 is 0. The van der Waals surface area contributed by atoms with Crippen molar-refractivity contribution in [1.82, 2.24) is 14.8 Å². The molecule has 150 valence electrons. The van der Waals surface area contributed by atoms with Crippen molar-refractivity contribution in [2.45, 2.75) is 37.1 Å². The highest BCUT2D eigenvalue weighted by molar-refractivity contribution is 7.90. The van der Waals surface area contributed by atoms with Gasteiger partial charge in [0.1, 0.15) is 5.82 Å². The van der Waals surface area contributed by atoms with Gasteiger partial charge in [-0.3, -0.25) is 4.79 Å². The molecule has 0 saturated carbocycles. The summed E-state index contributed by atoms with van der Waals surface area (Å²) in [5.74, 6) is 1.51. The third kappa shape index (κ3) is 4.22. The van der Waals surface area contributed by atoms with Crippen molar-refractivity contribution in [1.29, 1.82) is 0 Å². The summed E-state index contributed by atoms with van der Waals surface area (Å²) in [6.45, 7) is 0.923. The van der Waals surface area contributed by atoms with Gasteiger partial charge in [0, 0.05) is 36.0 Å². The van der Waals surface area contributed by atoms with Crippen molar-refractivity contribution in [3.8, 4) is 11.4 Å². The van der Waals surface area contributed by atoms with Crippen LogP contribution in [0.5, 0.6) is 0 Å². The van der Waals surface area contributed by atoms with Crippen LogP contribution in [-0.2, 0) is 22.8 Å². The summed E-state index contributed by atoms with van der Waals surface area (Å²) in [6.07, 6.45) is 5.54. The van der Waals surface area contributed by atoms with Gasteiger partial charge in [0.15, 0.2) is 15.7 Å². The zero-order valence-corrected chi connectivity index (χ0v) is 16.9. The van der Waals surface area contributed by atoms with Crippen molar-refractivity contribution in [2.24, 2.45) is 0 Å². The van der Waals surface area contributed by atoms with Gasteiger partial charge in [-0.15, -0.1) is 10.2 Å². The minimum Gasteiger partial charge on any atom is -0.322 e. The lowest BCUT2D eigenvalue weighted by Gasteiger charge is -2.09. The fourth-order valence-electron chi connectivity index (χ4n) is 3.47. The molecule has 2 heterocycles. The molecule has 0 spiro atoms. The number of sulfone groups is 1. The van der Waals surface area contributed by atoms with E-state index in [4.69, 9.17) is 0 Å². The molecule has 29 heavy (non-hydrogen) atoms. The van der Waals surface area contributed by atoms with Crippen molar-refractivity contribution in [3.05, 3.63) is 59.9 Å². The van der Waals surface area contributed by atoms with Crippen LogP contribution < -0.4 is 5.32 Å². The largest absolute Gasteiger partial charge is 0.322 e. The summed E-state index contributed by atoms with van der Waals surface area (Å²) in [7, 11) is -3.37. The number of aryl methyl sites for hydroxylation is 1. The lowest BCUT2D eigenvalue weighted by molar-refractivity contribution is 0.102. The van der Waals surface area contributed by atoms with Gasteiger partial charge < -0.3 is 9.88 Å². The van der Waals surface area contributed by atoms with Crippen LogP contribution in [0.3, 0.4) is 0 Å². The Morgan fingerprint density at radius 3 is 2.59 bits per heavy atom. The Bertz CT molecular complexity index is 1150. The average Bonchev–Trinajstić information content (AvgIpc) is 2.96. The molecular formula is C21H22N4O3S. The number of carbonyl (C=O) groups excluding carboxylic acids is 1. The molecule has 7 nitrogen and oxygen atoms in total. The minimum absolute atomic E-state index is 0.119. The number of aromatic nitrogens is 3. The first-order valence-electron chi connectivity index (χ1n) is 9.56. The van der Waals surface area contributed by atoms with Gasteiger partial charge in [-0.25, -0.2) is 8.42 Å². The van der Waals surface area contributed by atoms with Crippen LogP contribution in [0.15, 0.2) is 53.4 Å². The Kier molecular flexibility index (Phi) is 5.19. The summed E-state index contributed by atoms with van der Waals surface area (Å²) in [5.41, 5.74) is 1.86. The molecule has 2 aromatic carbocycles. The molecule has 1 aliphatic rings. The predicted molar refractivity (Wildman–Crippen MR) is 111 cm³/mol. The zero-order chi connectivity index (χ0) is 20.4. The van der Waals surface area contributed by atoms with E-state index in [-0.39, 0.29) is 10.8 Å². The fraction of sp³-hybridized carbons (Fsp3) is 0.286. The molecule has 0 radical (unpaired) electrons. The van der Waals surface area contributed by atoms with E-state index in [0.29, 0.717) is 11.3 Å². The van der Waals surface area contributed by atoms with E-state index >= 15 is 0 Å². The number of fused-ring (bicyclic) bond motifs is 1. The van der Waals surface area contributed by atoms with Gasteiger partial charge in [-0.1, -0.05) is 12.5 Å². The number of hydrogen-bond acceptors (Lipinski definition) is 5. The van der Waals surface area contributed by atoms with Crippen LogP contribution in [0, 0.1) is 0 Å². The van der Waals surface area contributed by atoms with Crippen LogP contribution in [0.1, 0.15) is 35.4 Å². The molecule has 1 amide bonds. The highest BCUT2D eigenvalue weighted by Crippen LogP contribution is 2.24. The molecule has 0 aliphatic carbocycles. The van der Waals surface area contributed by atoms with Gasteiger partial charge >= 0.3 is 0 Å². The molecule has 0 fully saturated rings. The monoisotopic (exact) mass is 410 g/mol. The van der Waals surface area contributed by atoms with Crippen LogP contribution in [0.25, 0.3) is 11.4 Å². The molecule has 0 atom stereocenters. The Hall–Kier alpha value is -3.00. The first-order chi connectivity index (χ1) is 13.9. The molecule has 1 aromatic heterocycles. The quantitative estimate of drug-likeness (QED) is 0.712. The fourth-order valence-corrected chi connectivity index (χ4v) is 4.14. The highest BCUT2D eigenvalue weighted by atomic mass is 32.2. The van der Waals surface area contributed by atoms with E-state index in [9.17, 15) is 13.2 Å². The van der Waals surface area contributed by atoms with Crippen molar-refractivity contribution >= 4 is 21.4 Å². The molecular weight excluding hydrogens is 388 g/mol. The maximum Gasteiger partial charge on any atom is 0.255 e. The molecule has 0 unspecified atom stereocenters. The smallest absolute Gasteiger partial charge is 0.255 e. The van der Waals surface area contributed by atoms with E-state index in [1.807, 2.05) is 24.3 Å². The summed E-state index contributed by atoms with van der Waals surface area (Å²) in [6, 6.07) is 13.4. The zero-order valence-electron chi connectivity index (χ0n) is 16.1. The predicted octanol–water partition coefficient (Wildman–Crippen LogP) is 3.33. The van der Waals surface area contributed by atoms with Crippen LogP contribution in [-0.4, -0.2) is 35.3 Å². The van der Waals surface area contributed by atoms with E-state index in [0.717, 1.165) is 49.3 Å². The maximum absolute atomic E-state index is 12.5. The minimum atomic E-state index is -3.37. The van der Waals surface area contributed by atoms with Gasteiger partial charge in [-0.2, -0.15) is 0 Å². The lowest BCUT2D eigenvalue weighted by Crippen LogP contribution is -2.12. The van der Waals surface area contributed by atoms with E-state index in [1.54, 1.807) is 12.1 Å². The van der Waals surface area contributed by atoms with Gasteiger partial charge in [0.05, 0.1) is 4.90 Å². The summed E-state index contributed by atoms with van der Waals surface area (Å²) < 4.78 is 25.6. The SMILES string of the molecule is CS(=O)(=O)c1cccc(C(=O)Nc2ccc(-c3nnc4n3CCCCC4)cc2)c1. The Morgan fingerprint density at radius 1 is 1.03 bits per heavy atom. The highest BCUT2D eigenvalue weighted by Gasteiger charge is 2.16. The van der Waals surface area contributed by atoms with E-state index in [1.165, 1.54) is 18.6 Å². The normalized spacial score (nSPS) is 14.1. The second-order valence-corrected chi connectivity index (χ2v) is 9.25. The summed E-state index contributed by atoms with van der Waals surface area (Å²) in [4.78, 5) is 12.6. The molecule has 3 aromatic rings. The lowest BCUT2D eigenvalue weighted by atomic mass is 10.1. The van der Waals surface area contributed by atoms with Crippen molar-refractivity contribution in [3.63, 3.8) is 0 Å². The van der Waals surface area contributed by atoms with Crippen LogP contribution >= 0.6 is 0 Å². The third-order valence-electron chi connectivity index (χ3n) is 5.03. The number of amides is 1. The second-order valence-electron chi connectivity index (χ2n) is 7.23. The Morgan fingerprint density at radius 2 is 1.83 bits per heavy atom. The van der Waals surface area contributed by atoms with Crippen molar-refractivity contribution in [2.75, 3.05) is 11.6 Å². The number of nitrogens with one attached hydrogen (secondary N) is 1.